The molecule has 1 aliphatic rings. The minimum Gasteiger partial charge on any atom is -0.481 e. The molecule has 5 unspecified atom stereocenters. The lowest BCUT2D eigenvalue weighted by Crippen LogP contribution is -2.54. The summed E-state index contributed by atoms with van der Waals surface area (Å²) in [4.78, 5) is 21.3. The average molecular weight is 295 g/mol. The van der Waals surface area contributed by atoms with Crippen LogP contribution in [0.4, 0.5) is 0 Å². The molecule has 0 amide bonds. The number of rotatable bonds is 7. The van der Waals surface area contributed by atoms with E-state index >= 15 is 0 Å². The molecule has 116 valence electrons. The van der Waals surface area contributed by atoms with Crippen LogP contribution in [0.2, 0.25) is 0 Å². The normalized spacial score (nSPS) is 34.9. The number of aliphatic hydroxyl groups is 4. The third-order valence-electron chi connectivity index (χ3n) is 2.98. The van der Waals surface area contributed by atoms with E-state index in [-0.39, 0.29) is 0 Å². The van der Waals surface area contributed by atoms with Crippen LogP contribution in [0.15, 0.2) is 0 Å². The van der Waals surface area contributed by atoms with Crippen molar-refractivity contribution in [3.05, 3.63) is 0 Å². The third kappa shape index (κ3) is 3.62. The average Bonchev–Trinajstić information content (AvgIpc) is 2.58. The molecular formula is C10H17NO9. The molecule has 20 heavy (non-hydrogen) atoms. The first kappa shape index (κ1) is 16.8. The molecule has 0 aromatic heterocycles. The monoisotopic (exact) mass is 295 g/mol. The van der Waals surface area contributed by atoms with Crippen molar-refractivity contribution in [3.8, 4) is 0 Å². The zero-order valence-corrected chi connectivity index (χ0v) is 10.3. The Hall–Kier alpha value is -1.30. The van der Waals surface area contributed by atoms with Crippen molar-refractivity contribution >= 4 is 11.9 Å². The van der Waals surface area contributed by atoms with Gasteiger partial charge in [-0.1, -0.05) is 0 Å². The predicted octanol–water partition coefficient (Wildman–Crippen LogP) is -3.69. The number of hydrogen-bond donors (Lipinski definition) is 7. The summed E-state index contributed by atoms with van der Waals surface area (Å²) < 4.78 is 4.86. The topological polar surface area (TPSA) is 177 Å². The van der Waals surface area contributed by atoms with Crippen LogP contribution in [-0.2, 0) is 14.3 Å². The smallest absolute Gasteiger partial charge is 0.321 e. The van der Waals surface area contributed by atoms with E-state index < -0.39 is 61.7 Å². The molecule has 10 heteroatoms. The maximum absolute atomic E-state index is 10.8. The predicted molar refractivity (Wildman–Crippen MR) is 60.6 cm³/mol. The number of carbonyl (C=O) groups is 2. The number of nitrogens with one attached hydrogen (secondary N) is 1. The van der Waals surface area contributed by atoms with Gasteiger partial charge >= 0.3 is 11.9 Å². The highest BCUT2D eigenvalue weighted by molar-refractivity contribution is 5.80. The molecule has 1 aliphatic heterocycles. The van der Waals surface area contributed by atoms with Crippen molar-refractivity contribution < 1.29 is 45.0 Å². The Morgan fingerprint density at radius 3 is 2.30 bits per heavy atom. The molecule has 5 atom stereocenters. The highest BCUT2D eigenvalue weighted by Gasteiger charge is 2.53. The van der Waals surface area contributed by atoms with Crippen LogP contribution in [0.1, 0.15) is 6.42 Å². The van der Waals surface area contributed by atoms with Gasteiger partial charge in [0.05, 0.1) is 19.6 Å². The van der Waals surface area contributed by atoms with Crippen LogP contribution in [0.3, 0.4) is 0 Å². The summed E-state index contributed by atoms with van der Waals surface area (Å²) in [7, 11) is 0. The van der Waals surface area contributed by atoms with Crippen LogP contribution in [0, 0.1) is 0 Å². The van der Waals surface area contributed by atoms with Gasteiger partial charge in [-0.25, -0.2) is 0 Å². The van der Waals surface area contributed by atoms with Crippen LogP contribution < -0.4 is 5.32 Å². The van der Waals surface area contributed by atoms with E-state index in [4.69, 9.17) is 20.1 Å². The fourth-order valence-corrected chi connectivity index (χ4v) is 1.85. The van der Waals surface area contributed by atoms with Crippen molar-refractivity contribution in [2.75, 3.05) is 13.2 Å². The fourth-order valence-electron chi connectivity index (χ4n) is 1.85. The van der Waals surface area contributed by atoms with Crippen molar-refractivity contribution in [1.82, 2.24) is 5.32 Å². The SMILES string of the molecule is O=C(O)CC(NCC1(O)OC(CO)C(O)C1O)C(=O)O. The van der Waals surface area contributed by atoms with E-state index in [1.807, 2.05) is 0 Å². The molecule has 0 saturated carbocycles. The van der Waals surface area contributed by atoms with Gasteiger partial charge in [-0.2, -0.15) is 0 Å². The first-order valence-corrected chi connectivity index (χ1v) is 5.76. The van der Waals surface area contributed by atoms with E-state index in [2.05, 4.69) is 5.32 Å². The van der Waals surface area contributed by atoms with E-state index in [1.165, 1.54) is 0 Å². The molecular weight excluding hydrogens is 278 g/mol. The number of carboxylic acids is 2. The molecule has 10 nitrogen and oxygen atoms in total. The van der Waals surface area contributed by atoms with Crippen molar-refractivity contribution in [2.24, 2.45) is 0 Å². The maximum Gasteiger partial charge on any atom is 0.321 e. The number of ether oxygens (including phenoxy) is 1. The minimum atomic E-state index is -2.32. The first-order chi connectivity index (χ1) is 9.21. The molecule has 0 radical (unpaired) electrons. The maximum atomic E-state index is 10.8. The number of carboxylic acid groups (broad SMARTS) is 2. The van der Waals surface area contributed by atoms with Crippen molar-refractivity contribution in [1.29, 1.82) is 0 Å². The quantitative estimate of drug-likeness (QED) is 0.247. The Kier molecular flexibility index (Phi) is 5.39. The lowest BCUT2D eigenvalue weighted by Gasteiger charge is -2.27. The molecule has 7 N–H and O–H groups in total. The van der Waals surface area contributed by atoms with Crippen LogP contribution in [0.5, 0.6) is 0 Å². The summed E-state index contributed by atoms with van der Waals surface area (Å²) in [6.07, 6.45) is -5.28. The van der Waals surface area contributed by atoms with Gasteiger partial charge in [0.25, 0.3) is 0 Å². The summed E-state index contributed by atoms with van der Waals surface area (Å²) in [6.45, 7) is -1.29. The van der Waals surface area contributed by atoms with E-state index in [1.54, 1.807) is 0 Å². The summed E-state index contributed by atoms with van der Waals surface area (Å²) >= 11 is 0. The molecule has 1 saturated heterocycles. The summed E-state index contributed by atoms with van der Waals surface area (Å²) in [5.74, 6) is -5.14. The summed E-state index contributed by atoms with van der Waals surface area (Å²) in [5, 5.41) is 57.5. The second-order valence-electron chi connectivity index (χ2n) is 4.49. The van der Waals surface area contributed by atoms with Gasteiger partial charge in [0.1, 0.15) is 24.4 Å². The zero-order chi connectivity index (χ0) is 15.5. The van der Waals surface area contributed by atoms with Gasteiger partial charge in [0.15, 0.2) is 0 Å². The number of aliphatic carboxylic acids is 2. The van der Waals surface area contributed by atoms with Gasteiger partial charge in [-0.15, -0.1) is 0 Å². The molecule has 0 bridgehead atoms. The Morgan fingerprint density at radius 2 is 1.90 bits per heavy atom. The zero-order valence-electron chi connectivity index (χ0n) is 10.3. The molecule has 0 aromatic carbocycles. The van der Waals surface area contributed by atoms with Crippen LogP contribution in [-0.4, -0.2) is 85.9 Å². The Labute approximate surface area is 113 Å². The molecule has 0 aliphatic carbocycles. The molecule has 1 heterocycles. The second-order valence-corrected chi connectivity index (χ2v) is 4.49. The Morgan fingerprint density at radius 1 is 1.30 bits per heavy atom. The highest BCUT2D eigenvalue weighted by atomic mass is 16.7. The van der Waals surface area contributed by atoms with Gasteiger partial charge < -0.3 is 35.4 Å². The van der Waals surface area contributed by atoms with Gasteiger partial charge in [0, 0.05) is 0 Å². The van der Waals surface area contributed by atoms with E-state index in [9.17, 15) is 24.9 Å². The lowest BCUT2D eigenvalue weighted by atomic mass is 10.0. The van der Waals surface area contributed by atoms with Crippen molar-refractivity contribution in [2.45, 2.75) is 36.6 Å². The molecule has 1 fully saturated rings. The van der Waals surface area contributed by atoms with E-state index in [0.29, 0.717) is 0 Å². The first-order valence-electron chi connectivity index (χ1n) is 5.76. The van der Waals surface area contributed by atoms with Gasteiger partial charge in [-0.05, 0) is 0 Å². The summed E-state index contributed by atoms with van der Waals surface area (Å²) in [6, 6.07) is -1.50. The fraction of sp³-hybridized carbons (Fsp3) is 0.800. The Bertz CT molecular complexity index is 376. The van der Waals surface area contributed by atoms with Crippen LogP contribution >= 0.6 is 0 Å². The summed E-state index contributed by atoms with van der Waals surface area (Å²) in [5.41, 5.74) is 0. The highest BCUT2D eigenvalue weighted by Crippen LogP contribution is 2.28. The van der Waals surface area contributed by atoms with Crippen molar-refractivity contribution in [3.63, 3.8) is 0 Å². The van der Waals surface area contributed by atoms with E-state index in [0.717, 1.165) is 0 Å². The minimum absolute atomic E-state index is 0.633. The Balaban J connectivity index is 2.67. The number of hydrogen-bond acceptors (Lipinski definition) is 8. The molecule has 0 aromatic rings. The number of aliphatic hydroxyl groups excluding tert-OH is 3. The lowest BCUT2D eigenvalue weighted by molar-refractivity contribution is -0.227. The standard InChI is InChI=1S/C10H17NO9/c12-2-5-7(15)8(16)10(19,20-5)3-11-4(9(17)18)1-6(13)14/h4-5,7-8,11-12,15-16,19H,1-3H2,(H,13,14)(H,17,18). The van der Waals surface area contributed by atoms with Gasteiger partial charge in [0.2, 0.25) is 5.79 Å². The second kappa shape index (κ2) is 6.43. The largest absolute Gasteiger partial charge is 0.481 e. The third-order valence-corrected chi connectivity index (χ3v) is 2.98. The molecule has 0 spiro atoms. The van der Waals surface area contributed by atoms with Crippen LogP contribution in [0.25, 0.3) is 0 Å². The molecule has 1 rings (SSSR count). The van der Waals surface area contributed by atoms with Gasteiger partial charge in [-0.3, -0.25) is 14.9 Å².